The van der Waals surface area contributed by atoms with Gasteiger partial charge in [0.25, 0.3) is 0 Å². The summed E-state index contributed by atoms with van der Waals surface area (Å²) in [5, 5.41) is 23.5. The summed E-state index contributed by atoms with van der Waals surface area (Å²) in [5.41, 5.74) is 0. The van der Waals surface area contributed by atoms with E-state index in [-0.39, 0.29) is 122 Å². The van der Waals surface area contributed by atoms with E-state index in [0.29, 0.717) is 6.42 Å². The van der Waals surface area contributed by atoms with Crippen molar-refractivity contribution < 1.29 is 127 Å². The maximum Gasteiger partial charge on any atom is 1.00 e. The summed E-state index contributed by atoms with van der Waals surface area (Å²) >= 11 is 0. The molecule has 0 aromatic carbocycles. The summed E-state index contributed by atoms with van der Waals surface area (Å²) in [6, 6.07) is -1.27. The zero-order chi connectivity index (χ0) is 18.9. The van der Waals surface area contributed by atoms with Gasteiger partial charge in [0.2, 0.25) is 5.91 Å². The normalized spacial score (nSPS) is 11.0. The topological polar surface area (TPSA) is 109 Å². The fourth-order valence-electron chi connectivity index (χ4n) is 2.73. The number of hydrogen-bond acceptors (Lipinski definition) is 5. The van der Waals surface area contributed by atoms with Crippen LogP contribution in [0.1, 0.15) is 96.8 Å². The minimum atomic E-state index is -1.46. The molecule has 0 aliphatic carbocycles. The van der Waals surface area contributed by atoms with Crippen LogP contribution in [-0.4, -0.2) is 23.9 Å². The monoisotopic (exact) mass is 433 g/mol. The average molecular weight is 434 g/mol. The van der Waals surface area contributed by atoms with Crippen molar-refractivity contribution in [2.75, 3.05) is 0 Å². The Morgan fingerprint density at radius 3 is 1.59 bits per heavy atom. The molecule has 27 heavy (non-hydrogen) atoms. The third-order valence-corrected chi connectivity index (χ3v) is 4.26. The summed E-state index contributed by atoms with van der Waals surface area (Å²) in [5.74, 6) is -3.18. The van der Waals surface area contributed by atoms with Gasteiger partial charge in [-0.05, 0) is 19.3 Å². The van der Waals surface area contributed by atoms with Gasteiger partial charge in [-0.3, -0.25) is 4.79 Å². The van der Waals surface area contributed by atoms with E-state index in [1.54, 1.807) is 0 Å². The molecule has 0 unspecified atom stereocenters. The molecular weight excluding hydrogens is 400 g/mol. The van der Waals surface area contributed by atoms with Crippen LogP contribution in [0, 0.1) is 0 Å². The number of amides is 1. The van der Waals surface area contributed by atoms with Crippen LogP contribution in [-0.2, 0) is 14.4 Å². The Bertz CT molecular complexity index is 394. The molecule has 0 bridgehead atoms. The van der Waals surface area contributed by atoms with Gasteiger partial charge in [-0.25, -0.2) is 0 Å². The van der Waals surface area contributed by atoms with Crippen molar-refractivity contribution in [3.8, 4) is 0 Å². The third-order valence-electron chi connectivity index (χ3n) is 4.26. The van der Waals surface area contributed by atoms with E-state index in [4.69, 9.17) is 0 Å². The number of nitrogens with one attached hydrogen (secondary N) is 1. The molecule has 146 valence electrons. The molecule has 0 aromatic rings. The standard InChI is InChI=1S/C19H35NO5.2K/c1-2-3-4-5-6-7-8-9-10-11-12-13-17(21)20-16(19(24)25)14-15-18(22)23;;/h16H,2-15H2,1H3,(H,20,21)(H,22,23)(H,24,25);;/q;2*+1/p-2/t16-;;/m1../s1. The van der Waals surface area contributed by atoms with Gasteiger partial charge in [-0.2, -0.15) is 0 Å². The Morgan fingerprint density at radius 1 is 0.741 bits per heavy atom. The van der Waals surface area contributed by atoms with Crippen molar-refractivity contribution >= 4 is 17.8 Å². The van der Waals surface area contributed by atoms with E-state index in [1.165, 1.54) is 51.4 Å². The molecule has 0 saturated carbocycles. The first-order valence-corrected chi connectivity index (χ1v) is 9.67. The van der Waals surface area contributed by atoms with Gasteiger partial charge < -0.3 is 25.1 Å². The van der Waals surface area contributed by atoms with E-state index in [9.17, 15) is 24.6 Å². The van der Waals surface area contributed by atoms with Crippen LogP contribution in [0.15, 0.2) is 0 Å². The fraction of sp³-hybridized carbons (Fsp3) is 0.842. The molecule has 0 spiro atoms. The number of carbonyl (C=O) groups excluding carboxylic acids is 3. The van der Waals surface area contributed by atoms with E-state index < -0.39 is 24.4 Å². The van der Waals surface area contributed by atoms with Crippen molar-refractivity contribution in [3.05, 3.63) is 0 Å². The van der Waals surface area contributed by atoms with Crippen LogP contribution in [0.5, 0.6) is 0 Å². The molecule has 0 aliphatic rings. The largest absolute Gasteiger partial charge is 1.00 e. The molecule has 1 amide bonds. The number of hydrogen-bond donors (Lipinski definition) is 1. The molecule has 0 aliphatic heterocycles. The Morgan fingerprint density at radius 2 is 1.19 bits per heavy atom. The summed E-state index contributed by atoms with van der Waals surface area (Å²) in [6.45, 7) is 2.21. The third kappa shape index (κ3) is 23.8. The molecule has 1 N–H and O–H groups in total. The molecule has 8 heteroatoms. The van der Waals surface area contributed by atoms with Crippen molar-refractivity contribution in [3.63, 3.8) is 0 Å². The molecule has 1 atom stereocenters. The van der Waals surface area contributed by atoms with Gasteiger partial charge in [0.05, 0.1) is 12.0 Å². The molecule has 0 rings (SSSR count). The smallest absolute Gasteiger partial charge is 0.550 e. The zero-order valence-corrected chi connectivity index (χ0v) is 23.8. The Kier molecular flexibility index (Phi) is 29.6. The second-order valence-corrected chi connectivity index (χ2v) is 6.64. The fourth-order valence-corrected chi connectivity index (χ4v) is 2.73. The number of carboxylic acids is 2. The minimum absolute atomic E-state index is 0. The Hall–Kier alpha value is 1.68. The van der Waals surface area contributed by atoms with Crippen LogP contribution >= 0.6 is 0 Å². The predicted octanol–water partition coefficient (Wildman–Crippen LogP) is -4.54. The van der Waals surface area contributed by atoms with Gasteiger partial charge in [0.1, 0.15) is 0 Å². The second-order valence-electron chi connectivity index (χ2n) is 6.64. The van der Waals surface area contributed by atoms with Crippen molar-refractivity contribution in [2.45, 2.75) is 103 Å². The van der Waals surface area contributed by atoms with Crippen LogP contribution in [0.3, 0.4) is 0 Å². The van der Waals surface area contributed by atoms with Crippen molar-refractivity contribution in [1.82, 2.24) is 5.32 Å². The molecule has 0 aromatic heterocycles. The van der Waals surface area contributed by atoms with E-state index >= 15 is 0 Å². The number of unbranched alkanes of at least 4 members (excludes halogenated alkanes) is 10. The predicted molar refractivity (Wildman–Crippen MR) is 92.3 cm³/mol. The molecule has 0 fully saturated rings. The number of rotatable bonds is 17. The minimum Gasteiger partial charge on any atom is -0.550 e. The van der Waals surface area contributed by atoms with Crippen LogP contribution in [0.2, 0.25) is 0 Å². The average Bonchev–Trinajstić information content (AvgIpc) is 2.56. The summed E-state index contributed by atoms with van der Waals surface area (Å²) in [6.07, 6.45) is 12.6. The van der Waals surface area contributed by atoms with Gasteiger partial charge in [-0.1, -0.05) is 71.1 Å². The van der Waals surface area contributed by atoms with Crippen molar-refractivity contribution in [2.24, 2.45) is 0 Å². The van der Waals surface area contributed by atoms with E-state index in [0.717, 1.165) is 12.8 Å². The zero-order valence-electron chi connectivity index (χ0n) is 17.5. The maximum atomic E-state index is 11.7. The molecule has 0 radical (unpaired) electrons. The summed E-state index contributed by atoms with van der Waals surface area (Å²) in [4.78, 5) is 32.9. The molecule has 0 heterocycles. The summed E-state index contributed by atoms with van der Waals surface area (Å²) in [7, 11) is 0. The first-order chi connectivity index (χ1) is 12.0. The van der Waals surface area contributed by atoms with Crippen LogP contribution in [0.4, 0.5) is 0 Å². The van der Waals surface area contributed by atoms with Gasteiger partial charge in [0, 0.05) is 12.4 Å². The van der Waals surface area contributed by atoms with E-state index in [1.807, 2.05) is 0 Å². The maximum absolute atomic E-state index is 11.7. The van der Waals surface area contributed by atoms with Crippen molar-refractivity contribution in [1.29, 1.82) is 0 Å². The first kappa shape index (κ1) is 33.3. The van der Waals surface area contributed by atoms with Crippen LogP contribution in [0.25, 0.3) is 0 Å². The number of carboxylic acid groups (broad SMARTS) is 2. The quantitative estimate of drug-likeness (QED) is 0.184. The number of carbonyl (C=O) groups is 3. The summed E-state index contributed by atoms with van der Waals surface area (Å²) < 4.78 is 0. The molecule has 6 nitrogen and oxygen atoms in total. The molecular formula is C19H33K2NO5. The van der Waals surface area contributed by atoms with Gasteiger partial charge >= 0.3 is 103 Å². The van der Waals surface area contributed by atoms with Gasteiger partial charge in [-0.15, -0.1) is 0 Å². The van der Waals surface area contributed by atoms with Crippen LogP contribution < -0.4 is 118 Å². The first-order valence-electron chi connectivity index (χ1n) is 9.67. The van der Waals surface area contributed by atoms with E-state index in [2.05, 4.69) is 12.2 Å². The SMILES string of the molecule is CCCCCCCCCCCCCC(=O)N[C@H](CCC(=O)[O-])C(=O)[O-].[K+].[K+]. The second kappa shape index (κ2) is 24.0. The van der Waals surface area contributed by atoms with Gasteiger partial charge in [0.15, 0.2) is 0 Å². The molecule has 0 saturated heterocycles. The Labute approximate surface area is 249 Å². The number of aliphatic carboxylic acids is 2. The Balaban J connectivity index is -0.00000288.